The van der Waals surface area contributed by atoms with Crippen molar-refractivity contribution in [1.29, 1.82) is 0 Å². The highest BCUT2D eigenvalue weighted by Gasteiger charge is 2.22. The number of amides is 2. The summed E-state index contributed by atoms with van der Waals surface area (Å²) < 4.78 is 10.1. The minimum absolute atomic E-state index is 0.173. The van der Waals surface area contributed by atoms with Gasteiger partial charge in [-0.3, -0.25) is 9.59 Å². The van der Waals surface area contributed by atoms with E-state index in [0.717, 1.165) is 24.2 Å². The molecule has 0 saturated carbocycles. The number of ether oxygens (including phenoxy) is 1. The summed E-state index contributed by atoms with van der Waals surface area (Å²) in [5.41, 5.74) is 0. The van der Waals surface area contributed by atoms with Gasteiger partial charge in [-0.25, -0.2) is 4.79 Å². The number of anilines is 1. The molecule has 3 heterocycles. The number of likely N-dealkylation sites (tertiary alicyclic amines) is 1. The lowest BCUT2D eigenvalue weighted by Crippen LogP contribution is -2.41. The number of carbonyl (C=O) groups is 3. The normalized spacial score (nSPS) is 17.0. The maximum Gasteiger partial charge on any atom is 0.348 e. The van der Waals surface area contributed by atoms with E-state index in [1.165, 1.54) is 6.26 Å². The topological polar surface area (TPSA) is 88.9 Å². The molecule has 1 atom stereocenters. The van der Waals surface area contributed by atoms with Crippen LogP contribution in [0.5, 0.6) is 0 Å². The van der Waals surface area contributed by atoms with Crippen molar-refractivity contribution in [3.05, 3.63) is 41.2 Å². The molecule has 1 saturated heterocycles. The molecule has 1 aliphatic heterocycles. The predicted octanol–water partition coefficient (Wildman–Crippen LogP) is 3.01. The van der Waals surface area contributed by atoms with Crippen molar-refractivity contribution in [2.45, 2.75) is 19.8 Å². The molecule has 2 aromatic rings. The maximum absolute atomic E-state index is 12.1. The zero-order valence-corrected chi connectivity index (χ0v) is 15.2. The molecular formula is C18H20N2O5S. The number of furan rings is 1. The molecule has 1 N–H and O–H groups in total. The summed E-state index contributed by atoms with van der Waals surface area (Å²) >= 11 is 1.08. The molecule has 0 aliphatic carbocycles. The van der Waals surface area contributed by atoms with Gasteiger partial charge in [0.1, 0.15) is 4.88 Å². The molecule has 0 bridgehead atoms. The average Bonchev–Trinajstić information content (AvgIpc) is 3.31. The minimum atomic E-state index is -0.577. The van der Waals surface area contributed by atoms with Crippen LogP contribution in [0, 0.1) is 5.92 Å². The quantitative estimate of drug-likeness (QED) is 0.811. The van der Waals surface area contributed by atoms with Crippen LogP contribution in [0.1, 0.15) is 40.0 Å². The van der Waals surface area contributed by atoms with Crippen LogP contribution < -0.4 is 5.32 Å². The Kier molecular flexibility index (Phi) is 5.72. The van der Waals surface area contributed by atoms with E-state index in [1.807, 2.05) is 0 Å². The minimum Gasteiger partial charge on any atom is -0.459 e. The third-order valence-electron chi connectivity index (χ3n) is 4.13. The van der Waals surface area contributed by atoms with E-state index in [-0.39, 0.29) is 18.3 Å². The van der Waals surface area contributed by atoms with E-state index < -0.39 is 11.9 Å². The van der Waals surface area contributed by atoms with Crippen molar-refractivity contribution < 1.29 is 23.5 Å². The summed E-state index contributed by atoms with van der Waals surface area (Å²) in [6, 6.07) is 6.33. The van der Waals surface area contributed by atoms with Gasteiger partial charge in [0.25, 0.3) is 11.8 Å². The van der Waals surface area contributed by atoms with Crippen molar-refractivity contribution in [2.24, 2.45) is 5.92 Å². The number of piperidine rings is 1. The molecule has 1 unspecified atom stereocenters. The zero-order chi connectivity index (χ0) is 18.5. The van der Waals surface area contributed by atoms with Crippen LogP contribution in [0.3, 0.4) is 0 Å². The first-order chi connectivity index (χ1) is 12.5. The number of nitrogens with one attached hydrogen (secondary N) is 1. The number of rotatable bonds is 5. The lowest BCUT2D eigenvalue weighted by atomic mass is 10.0. The summed E-state index contributed by atoms with van der Waals surface area (Å²) in [5.74, 6) is -0.490. The van der Waals surface area contributed by atoms with E-state index >= 15 is 0 Å². The predicted molar refractivity (Wildman–Crippen MR) is 96.2 cm³/mol. The Bertz CT molecular complexity index is 783. The van der Waals surface area contributed by atoms with Gasteiger partial charge in [0, 0.05) is 13.1 Å². The largest absolute Gasteiger partial charge is 0.459 e. The van der Waals surface area contributed by atoms with Gasteiger partial charge in [0.15, 0.2) is 12.4 Å². The second kappa shape index (κ2) is 8.18. The summed E-state index contributed by atoms with van der Waals surface area (Å²) in [4.78, 5) is 38.2. The van der Waals surface area contributed by atoms with E-state index in [9.17, 15) is 14.4 Å². The van der Waals surface area contributed by atoms with Gasteiger partial charge in [0.05, 0.1) is 11.3 Å². The van der Waals surface area contributed by atoms with Gasteiger partial charge in [-0.2, -0.15) is 0 Å². The second-order valence-electron chi connectivity index (χ2n) is 6.26. The van der Waals surface area contributed by atoms with E-state index in [1.54, 1.807) is 29.2 Å². The SMILES string of the molecule is CC1CCCN(C(=O)COC(=O)c2ccc(NC(=O)c3ccco3)s2)C1. The van der Waals surface area contributed by atoms with Gasteiger partial charge in [-0.05, 0) is 43.0 Å². The van der Waals surface area contributed by atoms with Crippen LogP contribution in [0.15, 0.2) is 34.9 Å². The number of hydrogen-bond acceptors (Lipinski definition) is 6. The highest BCUT2D eigenvalue weighted by molar-refractivity contribution is 7.18. The molecule has 7 nitrogen and oxygen atoms in total. The number of nitrogens with zero attached hydrogens (tertiary/aromatic N) is 1. The van der Waals surface area contributed by atoms with Crippen molar-refractivity contribution >= 4 is 34.1 Å². The van der Waals surface area contributed by atoms with Gasteiger partial charge in [-0.15, -0.1) is 11.3 Å². The van der Waals surface area contributed by atoms with Crippen LogP contribution >= 0.6 is 11.3 Å². The molecule has 1 aliphatic rings. The Morgan fingerprint density at radius 3 is 2.92 bits per heavy atom. The molecule has 1 fully saturated rings. The molecule has 0 radical (unpaired) electrons. The molecule has 0 aromatic carbocycles. The molecular weight excluding hydrogens is 356 g/mol. The van der Waals surface area contributed by atoms with Crippen LogP contribution in [0.2, 0.25) is 0 Å². The first-order valence-electron chi connectivity index (χ1n) is 8.42. The average molecular weight is 376 g/mol. The van der Waals surface area contributed by atoms with Gasteiger partial charge in [-0.1, -0.05) is 6.92 Å². The van der Waals surface area contributed by atoms with Crippen molar-refractivity contribution in [3.63, 3.8) is 0 Å². The lowest BCUT2D eigenvalue weighted by Gasteiger charge is -2.30. The molecule has 0 spiro atoms. The van der Waals surface area contributed by atoms with E-state index in [0.29, 0.717) is 28.9 Å². The fourth-order valence-corrected chi connectivity index (χ4v) is 3.60. The maximum atomic E-state index is 12.1. The highest BCUT2D eigenvalue weighted by atomic mass is 32.1. The Labute approximate surface area is 154 Å². The van der Waals surface area contributed by atoms with Gasteiger partial charge >= 0.3 is 5.97 Å². The summed E-state index contributed by atoms with van der Waals surface area (Å²) in [6.45, 7) is 3.26. The Hall–Kier alpha value is -2.61. The van der Waals surface area contributed by atoms with Gasteiger partial charge in [0.2, 0.25) is 0 Å². The van der Waals surface area contributed by atoms with Crippen LogP contribution in [-0.2, 0) is 9.53 Å². The molecule has 2 amide bonds. The number of thiophene rings is 1. The zero-order valence-electron chi connectivity index (χ0n) is 14.4. The van der Waals surface area contributed by atoms with Crippen molar-refractivity contribution in [3.8, 4) is 0 Å². The van der Waals surface area contributed by atoms with E-state index in [2.05, 4.69) is 12.2 Å². The highest BCUT2D eigenvalue weighted by Crippen LogP contribution is 2.23. The lowest BCUT2D eigenvalue weighted by molar-refractivity contribution is -0.136. The van der Waals surface area contributed by atoms with Crippen molar-refractivity contribution in [1.82, 2.24) is 4.90 Å². The molecule has 138 valence electrons. The second-order valence-corrected chi connectivity index (χ2v) is 7.34. The number of carbonyl (C=O) groups excluding carboxylic acids is 3. The third-order valence-corrected chi connectivity index (χ3v) is 5.11. The third kappa shape index (κ3) is 4.51. The fraction of sp³-hybridized carbons (Fsp3) is 0.389. The molecule has 8 heteroatoms. The fourth-order valence-electron chi connectivity index (χ4n) is 2.80. The monoisotopic (exact) mass is 376 g/mol. The standard InChI is InChI=1S/C18H20N2O5S/c1-12-4-2-8-20(10-12)16(21)11-25-18(23)14-6-7-15(26-14)19-17(22)13-5-3-9-24-13/h3,5-7,9,12H,2,4,8,10-11H2,1H3,(H,19,22). The van der Waals surface area contributed by atoms with E-state index in [4.69, 9.17) is 9.15 Å². The first kappa shape index (κ1) is 18.2. The number of esters is 1. The Morgan fingerprint density at radius 2 is 2.19 bits per heavy atom. The van der Waals surface area contributed by atoms with Crippen LogP contribution in [0.25, 0.3) is 0 Å². The van der Waals surface area contributed by atoms with Gasteiger partial charge < -0.3 is 19.4 Å². The smallest absolute Gasteiger partial charge is 0.348 e. The summed E-state index contributed by atoms with van der Waals surface area (Å²) in [7, 11) is 0. The Morgan fingerprint density at radius 1 is 1.35 bits per heavy atom. The molecule has 26 heavy (non-hydrogen) atoms. The summed E-state index contributed by atoms with van der Waals surface area (Å²) in [6.07, 6.45) is 3.50. The first-order valence-corrected chi connectivity index (χ1v) is 9.24. The Balaban J connectivity index is 1.50. The number of hydrogen-bond donors (Lipinski definition) is 1. The van der Waals surface area contributed by atoms with Crippen LogP contribution in [-0.4, -0.2) is 42.4 Å². The van der Waals surface area contributed by atoms with Crippen LogP contribution in [0.4, 0.5) is 5.00 Å². The van der Waals surface area contributed by atoms with Crippen molar-refractivity contribution in [2.75, 3.05) is 25.0 Å². The summed E-state index contributed by atoms with van der Waals surface area (Å²) in [5, 5.41) is 3.14. The molecule has 3 rings (SSSR count). The molecule has 2 aromatic heterocycles.